The number of nitrogens with zero attached hydrogens (tertiary/aromatic N) is 1. The van der Waals surface area contributed by atoms with Crippen molar-refractivity contribution in [1.29, 1.82) is 0 Å². The van der Waals surface area contributed by atoms with E-state index in [1.807, 2.05) is 37.3 Å². The van der Waals surface area contributed by atoms with Crippen LogP contribution in [0.15, 0.2) is 24.4 Å². The number of anilines is 1. The topological polar surface area (TPSA) is 56.3 Å². The van der Waals surface area contributed by atoms with Gasteiger partial charge in [-0.3, -0.25) is 0 Å². The first-order valence-corrected chi connectivity index (χ1v) is 4.62. The van der Waals surface area contributed by atoms with Gasteiger partial charge in [-0.25, -0.2) is 4.79 Å². The number of aromatic nitrogens is 1. The van der Waals surface area contributed by atoms with Gasteiger partial charge in [0.05, 0.1) is 16.8 Å². The lowest BCUT2D eigenvalue weighted by atomic mass is 10.1. The van der Waals surface area contributed by atoms with Crippen LogP contribution in [0.25, 0.3) is 10.9 Å². The van der Waals surface area contributed by atoms with Gasteiger partial charge in [-0.2, -0.15) is 0 Å². The number of fused-ring (bicyclic) bond motifs is 1. The van der Waals surface area contributed by atoms with Gasteiger partial charge in [0.15, 0.2) is 0 Å². The minimum atomic E-state index is -0.907. The number of aromatic amines is 1. The van der Waals surface area contributed by atoms with Crippen molar-refractivity contribution in [3.63, 3.8) is 0 Å². The molecule has 0 saturated carbocycles. The Balaban J connectivity index is 2.81. The average molecular weight is 204 g/mol. The van der Waals surface area contributed by atoms with Gasteiger partial charge in [0.1, 0.15) is 0 Å². The Hall–Kier alpha value is -1.97. The van der Waals surface area contributed by atoms with Crippen molar-refractivity contribution in [3.8, 4) is 0 Å². The highest BCUT2D eigenvalue weighted by molar-refractivity contribution is 6.04. The fraction of sp³-hybridized carbons (Fsp3) is 0.182. The fourth-order valence-corrected chi connectivity index (χ4v) is 1.75. The number of H-pyrrole nitrogens is 1. The minimum Gasteiger partial charge on any atom is -0.478 e. The molecule has 0 aliphatic rings. The minimum absolute atomic E-state index is 0.315. The maximum atomic E-state index is 11.1. The van der Waals surface area contributed by atoms with E-state index in [0.29, 0.717) is 11.3 Å². The summed E-state index contributed by atoms with van der Waals surface area (Å²) in [5, 5.41) is 10.1. The molecule has 0 amide bonds. The lowest BCUT2D eigenvalue weighted by Gasteiger charge is -2.16. The quantitative estimate of drug-likeness (QED) is 0.785. The monoisotopic (exact) mass is 204 g/mol. The van der Waals surface area contributed by atoms with Crippen LogP contribution >= 0.6 is 0 Å². The smallest absolute Gasteiger partial charge is 0.337 e. The molecule has 1 aromatic carbocycles. The summed E-state index contributed by atoms with van der Waals surface area (Å²) in [5.74, 6) is -0.907. The third-order valence-corrected chi connectivity index (χ3v) is 2.38. The predicted molar refractivity (Wildman–Crippen MR) is 59.6 cm³/mol. The van der Waals surface area contributed by atoms with Crippen molar-refractivity contribution in [2.75, 3.05) is 19.0 Å². The summed E-state index contributed by atoms with van der Waals surface area (Å²) in [5.41, 5.74) is 1.89. The van der Waals surface area contributed by atoms with Crippen LogP contribution in [0.4, 0.5) is 5.69 Å². The van der Waals surface area contributed by atoms with Gasteiger partial charge < -0.3 is 15.0 Å². The van der Waals surface area contributed by atoms with Crippen molar-refractivity contribution < 1.29 is 9.90 Å². The van der Waals surface area contributed by atoms with Crippen LogP contribution in [-0.2, 0) is 0 Å². The van der Waals surface area contributed by atoms with Crippen molar-refractivity contribution in [1.82, 2.24) is 4.98 Å². The first kappa shape index (κ1) is 9.58. The van der Waals surface area contributed by atoms with E-state index in [1.165, 1.54) is 0 Å². The van der Waals surface area contributed by atoms with E-state index < -0.39 is 5.97 Å². The Morgan fingerprint density at radius 3 is 2.67 bits per heavy atom. The van der Waals surface area contributed by atoms with Crippen LogP contribution in [0.2, 0.25) is 0 Å². The molecule has 0 spiro atoms. The molecule has 2 N–H and O–H groups in total. The number of carboxylic acids is 1. The summed E-state index contributed by atoms with van der Waals surface area (Å²) in [4.78, 5) is 15.9. The van der Waals surface area contributed by atoms with Crippen LogP contribution in [-0.4, -0.2) is 30.2 Å². The highest BCUT2D eigenvalue weighted by Gasteiger charge is 2.15. The summed E-state index contributed by atoms with van der Waals surface area (Å²) in [6, 6.07) is 5.37. The Bertz CT molecular complexity index is 514. The van der Waals surface area contributed by atoms with Crippen molar-refractivity contribution in [3.05, 3.63) is 30.0 Å². The molecule has 0 atom stereocenters. The van der Waals surface area contributed by atoms with E-state index in [9.17, 15) is 4.79 Å². The molecule has 4 nitrogen and oxygen atoms in total. The molecule has 1 aromatic heterocycles. The lowest BCUT2D eigenvalue weighted by molar-refractivity contribution is 0.0698. The van der Waals surface area contributed by atoms with E-state index in [1.54, 1.807) is 6.07 Å². The van der Waals surface area contributed by atoms with E-state index in [0.717, 1.165) is 10.9 Å². The largest absolute Gasteiger partial charge is 0.478 e. The number of rotatable bonds is 2. The molecular weight excluding hydrogens is 192 g/mol. The molecule has 0 aliphatic carbocycles. The molecule has 0 aliphatic heterocycles. The maximum absolute atomic E-state index is 11.1. The number of hydrogen-bond donors (Lipinski definition) is 2. The highest BCUT2D eigenvalue weighted by atomic mass is 16.4. The average Bonchev–Trinajstić information content (AvgIpc) is 2.62. The Morgan fingerprint density at radius 1 is 1.33 bits per heavy atom. The maximum Gasteiger partial charge on any atom is 0.337 e. The van der Waals surface area contributed by atoms with Crippen LogP contribution in [0, 0.1) is 0 Å². The molecule has 2 rings (SSSR count). The van der Waals surface area contributed by atoms with Crippen LogP contribution in [0.5, 0.6) is 0 Å². The zero-order chi connectivity index (χ0) is 11.0. The first-order chi connectivity index (χ1) is 7.11. The number of carboxylic acid groups (broad SMARTS) is 1. The Morgan fingerprint density at radius 2 is 2.07 bits per heavy atom. The molecule has 0 saturated heterocycles. The molecule has 0 bridgehead atoms. The predicted octanol–water partition coefficient (Wildman–Crippen LogP) is 1.93. The summed E-state index contributed by atoms with van der Waals surface area (Å²) < 4.78 is 0. The number of benzene rings is 1. The molecule has 0 fully saturated rings. The van der Waals surface area contributed by atoms with E-state index in [2.05, 4.69) is 4.98 Å². The summed E-state index contributed by atoms with van der Waals surface area (Å²) in [6.45, 7) is 0. The first-order valence-electron chi connectivity index (χ1n) is 4.62. The van der Waals surface area contributed by atoms with Crippen LogP contribution in [0.3, 0.4) is 0 Å². The highest BCUT2D eigenvalue weighted by Crippen LogP contribution is 2.28. The van der Waals surface area contributed by atoms with Gasteiger partial charge in [-0.15, -0.1) is 0 Å². The van der Waals surface area contributed by atoms with E-state index in [-0.39, 0.29) is 0 Å². The molecular formula is C11H12N2O2. The van der Waals surface area contributed by atoms with Crippen molar-refractivity contribution >= 4 is 22.6 Å². The van der Waals surface area contributed by atoms with E-state index >= 15 is 0 Å². The molecule has 0 radical (unpaired) electrons. The van der Waals surface area contributed by atoms with Gasteiger partial charge in [0, 0.05) is 25.7 Å². The normalized spacial score (nSPS) is 10.5. The zero-order valence-corrected chi connectivity index (χ0v) is 8.61. The van der Waals surface area contributed by atoms with Crippen LogP contribution in [0.1, 0.15) is 10.4 Å². The number of hydrogen-bond acceptors (Lipinski definition) is 2. The summed E-state index contributed by atoms with van der Waals surface area (Å²) in [6.07, 6.45) is 1.81. The third-order valence-electron chi connectivity index (χ3n) is 2.38. The Kier molecular flexibility index (Phi) is 2.11. The van der Waals surface area contributed by atoms with Gasteiger partial charge in [0.2, 0.25) is 0 Å². The van der Waals surface area contributed by atoms with Crippen LogP contribution < -0.4 is 4.90 Å². The number of carbonyl (C=O) groups is 1. The van der Waals surface area contributed by atoms with Gasteiger partial charge >= 0.3 is 5.97 Å². The standard InChI is InChI=1S/C11H12N2O2/c1-13(2)10-8(11(14)15)4-3-7-5-6-12-9(7)10/h3-6,12H,1-2H3,(H,14,15). The Labute approximate surface area is 87.1 Å². The summed E-state index contributed by atoms with van der Waals surface area (Å²) in [7, 11) is 3.67. The summed E-state index contributed by atoms with van der Waals surface area (Å²) >= 11 is 0. The second-order valence-corrected chi connectivity index (χ2v) is 3.60. The second-order valence-electron chi connectivity index (χ2n) is 3.60. The van der Waals surface area contributed by atoms with Gasteiger partial charge in [-0.05, 0) is 12.1 Å². The van der Waals surface area contributed by atoms with E-state index in [4.69, 9.17) is 5.11 Å². The molecule has 0 unspecified atom stereocenters. The van der Waals surface area contributed by atoms with Gasteiger partial charge in [0.25, 0.3) is 0 Å². The SMILES string of the molecule is CN(C)c1c(C(=O)O)ccc2cc[nH]c12. The van der Waals surface area contributed by atoms with Gasteiger partial charge in [-0.1, -0.05) is 6.07 Å². The molecule has 1 heterocycles. The molecule has 78 valence electrons. The number of aromatic carboxylic acids is 1. The second kappa shape index (κ2) is 3.31. The zero-order valence-electron chi connectivity index (χ0n) is 8.61. The van der Waals surface area contributed by atoms with Crippen molar-refractivity contribution in [2.45, 2.75) is 0 Å². The molecule has 4 heteroatoms. The lowest BCUT2D eigenvalue weighted by Crippen LogP contribution is -2.14. The molecule has 15 heavy (non-hydrogen) atoms. The number of nitrogens with one attached hydrogen (secondary N) is 1. The van der Waals surface area contributed by atoms with Crippen molar-refractivity contribution in [2.24, 2.45) is 0 Å². The molecule has 2 aromatic rings. The third kappa shape index (κ3) is 1.44. The fourth-order valence-electron chi connectivity index (χ4n) is 1.75.